The molecule has 2 aromatic heterocycles. The third-order valence-electron chi connectivity index (χ3n) is 3.38. The molecule has 0 aliphatic heterocycles. The summed E-state index contributed by atoms with van der Waals surface area (Å²) in [6.45, 7) is 2.93. The van der Waals surface area contributed by atoms with E-state index in [1.54, 1.807) is 11.3 Å². The Bertz CT molecular complexity index is 529. The Labute approximate surface area is 129 Å². The van der Waals surface area contributed by atoms with Gasteiger partial charge in [-0.15, -0.1) is 11.3 Å². The molecule has 0 fully saturated rings. The molecule has 3 nitrogen and oxygen atoms in total. The second-order valence-corrected chi connectivity index (χ2v) is 6.69. The van der Waals surface area contributed by atoms with Gasteiger partial charge in [-0.05, 0) is 37.7 Å². The third kappa shape index (κ3) is 3.79. The summed E-state index contributed by atoms with van der Waals surface area (Å²) in [6.07, 6.45) is 2.73. The molecular formula is C15H20ClN3S. The van der Waals surface area contributed by atoms with Crippen LogP contribution in [0.1, 0.15) is 30.0 Å². The quantitative estimate of drug-likeness (QED) is 0.884. The molecule has 2 atom stereocenters. The first-order valence-electron chi connectivity index (χ1n) is 6.72. The summed E-state index contributed by atoms with van der Waals surface area (Å²) in [5, 5.41) is 0. The second kappa shape index (κ2) is 7.18. The molecule has 5 heteroatoms. The molecule has 0 saturated carbocycles. The monoisotopic (exact) mass is 309 g/mol. The molecule has 2 N–H and O–H groups in total. The molecule has 2 aromatic rings. The van der Waals surface area contributed by atoms with Crippen molar-refractivity contribution in [2.75, 3.05) is 7.05 Å². The van der Waals surface area contributed by atoms with Gasteiger partial charge in [0.2, 0.25) is 0 Å². The zero-order chi connectivity index (χ0) is 14.5. The lowest BCUT2D eigenvalue weighted by Gasteiger charge is -2.31. The molecule has 0 saturated heterocycles. The minimum Gasteiger partial charge on any atom is -0.326 e. The van der Waals surface area contributed by atoms with E-state index >= 15 is 0 Å². The Hall–Kier alpha value is -0.940. The number of halogens is 1. The van der Waals surface area contributed by atoms with Gasteiger partial charge in [0.1, 0.15) is 0 Å². The zero-order valence-corrected chi connectivity index (χ0v) is 13.4. The highest BCUT2D eigenvalue weighted by Gasteiger charge is 2.24. The molecule has 0 aromatic carbocycles. The zero-order valence-electron chi connectivity index (χ0n) is 11.8. The van der Waals surface area contributed by atoms with Gasteiger partial charge in [-0.3, -0.25) is 9.88 Å². The summed E-state index contributed by atoms with van der Waals surface area (Å²) < 4.78 is 0.822. The van der Waals surface area contributed by atoms with Gasteiger partial charge in [0.05, 0.1) is 16.1 Å². The number of thiophene rings is 1. The molecule has 0 bridgehead atoms. The first-order valence-corrected chi connectivity index (χ1v) is 7.92. The largest absolute Gasteiger partial charge is 0.326 e. The maximum absolute atomic E-state index is 6.30. The number of aromatic nitrogens is 1. The van der Waals surface area contributed by atoms with Crippen LogP contribution in [0.2, 0.25) is 4.34 Å². The van der Waals surface area contributed by atoms with Crippen LogP contribution in [-0.4, -0.2) is 23.0 Å². The van der Waals surface area contributed by atoms with Crippen molar-refractivity contribution in [2.24, 2.45) is 5.73 Å². The topological polar surface area (TPSA) is 42.1 Å². The average Bonchev–Trinajstić information content (AvgIpc) is 2.85. The standard InChI is InChI=1S/C15H20ClN3S/c1-3-12(17)15(13-6-4-5-9-18-13)19(2)10-11-7-8-14(16)20-11/h4-9,12,15H,3,10,17H2,1-2H3. The summed E-state index contributed by atoms with van der Waals surface area (Å²) in [4.78, 5) is 7.96. The lowest BCUT2D eigenvalue weighted by molar-refractivity contribution is 0.199. The first-order chi connectivity index (χ1) is 9.61. The number of hydrogen-bond acceptors (Lipinski definition) is 4. The van der Waals surface area contributed by atoms with Crippen molar-refractivity contribution < 1.29 is 0 Å². The van der Waals surface area contributed by atoms with E-state index in [4.69, 9.17) is 17.3 Å². The van der Waals surface area contributed by atoms with E-state index in [0.717, 1.165) is 23.0 Å². The molecule has 108 valence electrons. The Morgan fingerprint density at radius 3 is 2.70 bits per heavy atom. The Morgan fingerprint density at radius 1 is 1.35 bits per heavy atom. The van der Waals surface area contributed by atoms with Crippen LogP contribution >= 0.6 is 22.9 Å². The van der Waals surface area contributed by atoms with Crippen molar-refractivity contribution in [3.05, 3.63) is 51.4 Å². The number of pyridine rings is 1. The number of likely N-dealkylation sites (N-methyl/N-ethyl adjacent to an activating group) is 1. The lowest BCUT2D eigenvalue weighted by atomic mass is 10.0. The number of rotatable bonds is 6. The fourth-order valence-corrected chi connectivity index (χ4v) is 3.48. The number of hydrogen-bond donors (Lipinski definition) is 1. The Morgan fingerprint density at radius 2 is 2.15 bits per heavy atom. The van der Waals surface area contributed by atoms with Crippen LogP contribution in [0.15, 0.2) is 36.5 Å². The van der Waals surface area contributed by atoms with Crippen LogP contribution in [0, 0.1) is 0 Å². The van der Waals surface area contributed by atoms with Gasteiger partial charge >= 0.3 is 0 Å². The fourth-order valence-electron chi connectivity index (χ4n) is 2.33. The molecule has 0 aliphatic carbocycles. The van der Waals surface area contributed by atoms with Crippen molar-refractivity contribution in [1.82, 2.24) is 9.88 Å². The summed E-state index contributed by atoms with van der Waals surface area (Å²) in [6, 6.07) is 10.1. The lowest BCUT2D eigenvalue weighted by Crippen LogP contribution is -2.38. The summed E-state index contributed by atoms with van der Waals surface area (Å²) in [7, 11) is 2.09. The molecule has 20 heavy (non-hydrogen) atoms. The van der Waals surface area contributed by atoms with E-state index in [0.29, 0.717) is 0 Å². The van der Waals surface area contributed by atoms with Gasteiger partial charge in [0.15, 0.2) is 0 Å². The van der Waals surface area contributed by atoms with Crippen LogP contribution < -0.4 is 5.73 Å². The van der Waals surface area contributed by atoms with Crippen LogP contribution in [0.3, 0.4) is 0 Å². The SMILES string of the molecule is CCC(N)C(c1ccccn1)N(C)Cc1ccc(Cl)s1. The van der Waals surface area contributed by atoms with E-state index in [9.17, 15) is 0 Å². The molecule has 2 rings (SSSR count). The number of nitrogens with two attached hydrogens (primary N) is 1. The van der Waals surface area contributed by atoms with E-state index in [1.807, 2.05) is 30.5 Å². The van der Waals surface area contributed by atoms with Gasteiger partial charge in [-0.2, -0.15) is 0 Å². The highest BCUT2D eigenvalue weighted by atomic mass is 35.5. The van der Waals surface area contributed by atoms with Crippen LogP contribution in [0.25, 0.3) is 0 Å². The van der Waals surface area contributed by atoms with Gasteiger partial charge in [-0.25, -0.2) is 0 Å². The minimum atomic E-state index is 0.0605. The Kier molecular flexibility index (Phi) is 5.54. The second-order valence-electron chi connectivity index (χ2n) is 4.89. The highest BCUT2D eigenvalue weighted by Crippen LogP contribution is 2.27. The molecule has 0 spiro atoms. The highest BCUT2D eigenvalue weighted by molar-refractivity contribution is 7.16. The van der Waals surface area contributed by atoms with Crippen LogP contribution in [0.5, 0.6) is 0 Å². The summed E-state index contributed by atoms with van der Waals surface area (Å²) in [5.41, 5.74) is 7.33. The van der Waals surface area contributed by atoms with Gasteiger partial charge < -0.3 is 5.73 Å². The van der Waals surface area contributed by atoms with E-state index in [1.165, 1.54) is 4.88 Å². The van der Waals surface area contributed by atoms with Crippen molar-refractivity contribution in [1.29, 1.82) is 0 Å². The Balaban J connectivity index is 2.18. The van der Waals surface area contributed by atoms with E-state index in [-0.39, 0.29) is 12.1 Å². The normalized spacial score (nSPS) is 14.4. The van der Waals surface area contributed by atoms with Gasteiger partial charge in [0.25, 0.3) is 0 Å². The van der Waals surface area contributed by atoms with Crippen LogP contribution in [-0.2, 0) is 6.54 Å². The fraction of sp³-hybridized carbons (Fsp3) is 0.400. The molecule has 2 unspecified atom stereocenters. The molecule has 0 amide bonds. The molecule has 0 radical (unpaired) electrons. The van der Waals surface area contributed by atoms with Crippen LogP contribution in [0.4, 0.5) is 0 Å². The van der Waals surface area contributed by atoms with E-state index < -0.39 is 0 Å². The van der Waals surface area contributed by atoms with Crippen molar-refractivity contribution in [2.45, 2.75) is 32.0 Å². The summed E-state index contributed by atoms with van der Waals surface area (Å²) in [5.74, 6) is 0. The average molecular weight is 310 g/mol. The maximum Gasteiger partial charge on any atom is 0.0931 e. The minimum absolute atomic E-state index is 0.0605. The molecule has 0 aliphatic rings. The predicted molar refractivity (Wildman–Crippen MR) is 86.0 cm³/mol. The first kappa shape index (κ1) is 15.4. The smallest absolute Gasteiger partial charge is 0.0931 e. The molecular weight excluding hydrogens is 290 g/mol. The number of nitrogens with zero attached hydrogens (tertiary/aromatic N) is 2. The van der Waals surface area contributed by atoms with Gasteiger partial charge in [-0.1, -0.05) is 24.6 Å². The summed E-state index contributed by atoms with van der Waals surface area (Å²) >= 11 is 7.60. The maximum atomic E-state index is 6.30. The van der Waals surface area contributed by atoms with Crippen molar-refractivity contribution in [3.63, 3.8) is 0 Å². The van der Waals surface area contributed by atoms with E-state index in [2.05, 4.69) is 29.9 Å². The van der Waals surface area contributed by atoms with Crippen molar-refractivity contribution in [3.8, 4) is 0 Å². The molecule has 2 heterocycles. The third-order valence-corrected chi connectivity index (χ3v) is 4.59. The van der Waals surface area contributed by atoms with Gasteiger partial charge in [0, 0.05) is 23.7 Å². The predicted octanol–water partition coefficient (Wildman–Crippen LogP) is 3.71. The van der Waals surface area contributed by atoms with Crippen molar-refractivity contribution >= 4 is 22.9 Å².